The summed E-state index contributed by atoms with van der Waals surface area (Å²) in [6.07, 6.45) is 1.51. The Hall–Kier alpha value is -1.90. The predicted molar refractivity (Wildman–Crippen MR) is 114 cm³/mol. The van der Waals surface area contributed by atoms with Crippen molar-refractivity contribution >= 4 is 37.5 Å². The smallest absolute Gasteiger partial charge is 0.262 e. The summed E-state index contributed by atoms with van der Waals surface area (Å²) < 4.78 is 33.1. The van der Waals surface area contributed by atoms with Gasteiger partial charge in [0.1, 0.15) is 5.75 Å². The first-order chi connectivity index (χ1) is 13.3. The van der Waals surface area contributed by atoms with Crippen molar-refractivity contribution in [2.24, 2.45) is 0 Å². The number of aryl methyl sites for hydroxylation is 2. The largest absolute Gasteiger partial charge is 0.484 e. The molecule has 0 aromatic heterocycles. The Bertz CT molecular complexity index is 928. The summed E-state index contributed by atoms with van der Waals surface area (Å²) in [5, 5.41) is 2.90. The minimum Gasteiger partial charge on any atom is -0.484 e. The number of anilines is 1. The highest BCUT2D eigenvalue weighted by molar-refractivity contribution is 9.10. The van der Waals surface area contributed by atoms with Gasteiger partial charge in [-0.1, -0.05) is 29.8 Å². The number of rotatable bonds is 9. The van der Waals surface area contributed by atoms with Gasteiger partial charge in [0.05, 0.1) is 4.90 Å². The van der Waals surface area contributed by atoms with E-state index in [4.69, 9.17) is 4.74 Å². The maximum atomic E-state index is 12.3. The Balaban J connectivity index is 1.98. The molecule has 2 aromatic rings. The molecule has 0 saturated heterocycles. The number of carbonyl (C=O) groups excluding carboxylic acids is 1. The molecule has 0 saturated carbocycles. The van der Waals surface area contributed by atoms with Gasteiger partial charge < -0.3 is 10.1 Å². The number of halogens is 1. The van der Waals surface area contributed by atoms with Gasteiger partial charge >= 0.3 is 0 Å². The highest BCUT2D eigenvalue weighted by Gasteiger charge is 2.14. The van der Waals surface area contributed by atoms with Gasteiger partial charge in [0, 0.05) is 16.7 Å². The molecular weight excluding hydrogens is 444 g/mol. The molecular formula is C20H25BrN2O4S. The van der Waals surface area contributed by atoms with Gasteiger partial charge in [0.25, 0.3) is 5.91 Å². The Kier molecular flexibility index (Phi) is 8.03. The summed E-state index contributed by atoms with van der Waals surface area (Å²) in [6, 6.07) is 9.92. The third kappa shape index (κ3) is 6.05. The molecule has 0 unspecified atom stereocenters. The van der Waals surface area contributed by atoms with Crippen molar-refractivity contribution in [2.45, 2.75) is 38.5 Å². The molecule has 2 aromatic carbocycles. The van der Waals surface area contributed by atoms with Crippen molar-refractivity contribution in [2.75, 3.05) is 18.5 Å². The Labute approximate surface area is 174 Å². The zero-order valence-electron chi connectivity index (χ0n) is 16.2. The van der Waals surface area contributed by atoms with E-state index in [1.807, 2.05) is 32.9 Å². The van der Waals surface area contributed by atoms with Gasteiger partial charge in [-0.05, 0) is 67.3 Å². The lowest BCUT2D eigenvalue weighted by molar-refractivity contribution is -0.118. The van der Waals surface area contributed by atoms with Crippen molar-refractivity contribution in [1.29, 1.82) is 0 Å². The van der Waals surface area contributed by atoms with Crippen LogP contribution in [-0.4, -0.2) is 27.5 Å². The van der Waals surface area contributed by atoms with Crippen molar-refractivity contribution in [3.05, 3.63) is 52.0 Å². The lowest BCUT2D eigenvalue weighted by Crippen LogP contribution is -2.24. The van der Waals surface area contributed by atoms with E-state index in [-0.39, 0.29) is 17.4 Å². The SMILES string of the molecule is CCCNS(=O)(=O)c1ccc(OCC(=O)Nc2c(C)cc(Br)cc2CC)cc1. The van der Waals surface area contributed by atoms with Crippen molar-refractivity contribution in [3.63, 3.8) is 0 Å². The van der Waals surface area contributed by atoms with E-state index in [2.05, 4.69) is 26.0 Å². The summed E-state index contributed by atoms with van der Waals surface area (Å²) >= 11 is 3.46. The fourth-order valence-corrected chi connectivity index (χ4v) is 4.38. The maximum Gasteiger partial charge on any atom is 0.262 e. The number of benzene rings is 2. The summed E-state index contributed by atoms with van der Waals surface area (Å²) in [7, 11) is -3.52. The van der Waals surface area contributed by atoms with E-state index in [0.717, 1.165) is 27.7 Å². The summed E-state index contributed by atoms with van der Waals surface area (Å²) in [6.45, 7) is 6.07. The zero-order chi connectivity index (χ0) is 20.7. The molecule has 0 aliphatic rings. The average Bonchev–Trinajstić information content (AvgIpc) is 2.67. The number of carbonyl (C=O) groups is 1. The molecule has 2 rings (SSSR count). The van der Waals surface area contributed by atoms with Gasteiger partial charge in [-0.2, -0.15) is 0 Å². The standard InChI is InChI=1S/C20H25BrN2O4S/c1-4-10-22-28(25,26)18-8-6-17(7-9-18)27-13-19(24)23-20-14(3)11-16(21)12-15(20)5-2/h6-9,11-12,22H,4-5,10,13H2,1-3H3,(H,23,24). The number of ether oxygens (including phenoxy) is 1. The lowest BCUT2D eigenvalue weighted by atomic mass is 10.1. The van der Waals surface area contributed by atoms with Gasteiger partial charge in [0.15, 0.2) is 6.61 Å². The average molecular weight is 469 g/mol. The van der Waals surface area contributed by atoms with Gasteiger partial charge in [0.2, 0.25) is 10.0 Å². The number of hydrogen-bond acceptors (Lipinski definition) is 4. The van der Waals surface area contributed by atoms with Crippen LogP contribution in [0, 0.1) is 6.92 Å². The lowest BCUT2D eigenvalue weighted by Gasteiger charge is -2.14. The van der Waals surface area contributed by atoms with Gasteiger partial charge in [-0.3, -0.25) is 4.79 Å². The van der Waals surface area contributed by atoms with E-state index in [9.17, 15) is 13.2 Å². The van der Waals surface area contributed by atoms with Crippen LogP contribution in [-0.2, 0) is 21.2 Å². The third-order valence-electron chi connectivity index (χ3n) is 4.07. The molecule has 0 atom stereocenters. The normalized spacial score (nSPS) is 11.3. The number of sulfonamides is 1. The van der Waals surface area contributed by atoms with Crippen LogP contribution in [0.2, 0.25) is 0 Å². The van der Waals surface area contributed by atoms with Crippen molar-refractivity contribution < 1.29 is 17.9 Å². The molecule has 0 aliphatic heterocycles. The van der Waals surface area contributed by atoms with Crippen LogP contribution in [0.3, 0.4) is 0 Å². The van der Waals surface area contributed by atoms with E-state index in [0.29, 0.717) is 18.7 Å². The fourth-order valence-electron chi connectivity index (χ4n) is 2.63. The molecule has 0 heterocycles. The van der Waals surface area contributed by atoms with Crippen LogP contribution >= 0.6 is 15.9 Å². The third-order valence-corrected chi connectivity index (χ3v) is 6.01. The number of nitrogens with one attached hydrogen (secondary N) is 2. The van der Waals surface area contributed by atoms with Crippen LogP contribution < -0.4 is 14.8 Å². The Morgan fingerprint density at radius 2 is 1.82 bits per heavy atom. The maximum absolute atomic E-state index is 12.3. The molecule has 152 valence electrons. The van der Waals surface area contributed by atoms with Crippen LogP contribution in [0.4, 0.5) is 5.69 Å². The number of amides is 1. The van der Waals surface area contributed by atoms with E-state index >= 15 is 0 Å². The molecule has 6 nitrogen and oxygen atoms in total. The minimum atomic E-state index is -3.52. The molecule has 1 amide bonds. The van der Waals surface area contributed by atoms with Crippen LogP contribution in [0.5, 0.6) is 5.75 Å². The van der Waals surface area contributed by atoms with Crippen LogP contribution in [0.15, 0.2) is 45.8 Å². The first-order valence-corrected chi connectivity index (χ1v) is 11.4. The molecule has 0 bridgehead atoms. The van der Waals surface area contributed by atoms with Gasteiger partial charge in [-0.25, -0.2) is 13.1 Å². The van der Waals surface area contributed by atoms with Crippen LogP contribution in [0.1, 0.15) is 31.4 Å². The molecule has 28 heavy (non-hydrogen) atoms. The molecule has 2 N–H and O–H groups in total. The highest BCUT2D eigenvalue weighted by atomic mass is 79.9. The molecule has 0 fully saturated rings. The first-order valence-electron chi connectivity index (χ1n) is 9.08. The van der Waals surface area contributed by atoms with Crippen LogP contribution in [0.25, 0.3) is 0 Å². The second kappa shape index (κ2) is 10.0. The van der Waals surface area contributed by atoms with Crippen molar-refractivity contribution in [1.82, 2.24) is 4.72 Å². The second-order valence-corrected chi connectivity index (χ2v) is 9.00. The summed E-state index contributed by atoms with van der Waals surface area (Å²) in [5.74, 6) is 0.147. The molecule has 0 radical (unpaired) electrons. The highest BCUT2D eigenvalue weighted by Crippen LogP contribution is 2.26. The second-order valence-electron chi connectivity index (χ2n) is 6.32. The van der Waals surface area contributed by atoms with Gasteiger partial charge in [-0.15, -0.1) is 0 Å². The first kappa shape index (κ1) is 22.4. The van der Waals surface area contributed by atoms with E-state index in [1.54, 1.807) is 0 Å². The topological polar surface area (TPSA) is 84.5 Å². The summed E-state index contributed by atoms with van der Waals surface area (Å²) in [4.78, 5) is 12.4. The minimum absolute atomic E-state index is 0.163. The summed E-state index contributed by atoms with van der Waals surface area (Å²) in [5.41, 5.74) is 2.80. The molecule has 0 spiro atoms. The Morgan fingerprint density at radius 1 is 1.14 bits per heavy atom. The van der Waals surface area contributed by atoms with E-state index < -0.39 is 10.0 Å². The quantitative estimate of drug-likeness (QED) is 0.581. The number of hydrogen-bond donors (Lipinski definition) is 2. The molecule has 0 aliphatic carbocycles. The van der Waals surface area contributed by atoms with E-state index in [1.165, 1.54) is 24.3 Å². The Morgan fingerprint density at radius 3 is 2.43 bits per heavy atom. The zero-order valence-corrected chi connectivity index (χ0v) is 18.6. The predicted octanol–water partition coefficient (Wildman–Crippen LogP) is 4.03. The fraction of sp³-hybridized carbons (Fsp3) is 0.350. The molecule has 8 heteroatoms. The van der Waals surface area contributed by atoms with Crippen molar-refractivity contribution in [3.8, 4) is 5.75 Å². The monoisotopic (exact) mass is 468 g/mol.